The number of rotatable bonds is 10. The zero-order chi connectivity index (χ0) is 60.5. The summed E-state index contributed by atoms with van der Waals surface area (Å²) in [5, 5.41) is 26.5. The fraction of sp³-hybridized carbons (Fsp3) is 0. The van der Waals surface area contributed by atoms with Crippen LogP contribution in [0.15, 0.2) is 309 Å². The van der Waals surface area contributed by atoms with Gasteiger partial charge in [0.25, 0.3) is 0 Å². The number of hydrogen-bond acceptors (Lipinski definition) is 4. The van der Waals surface area contributed by atoms with Gasteiger partial charge in [-0.15, -0.1) is 0 Å². The molecule has 0 spiro atoms. The van der Waals surface area contributed by atoms with Crippen molar-refractivity contribution in [1.29, 1.82) is 10.5 Å². The normalized spacial score (nSPS) is 11.5. The van der Waals surface area contributed by atoms with Crippen molar-refractivity contribution < 1.29 is 0 Å². The molecule has 0 aliphatic carbocycles. The lowest BCUT2D eigenvalue weighted by atomic mass is 9.90. The van der Waals surface area contributed by atoms with Crippen LogP contribution in [-0.2, 0) is 0 Å². The molecular weight excluding hydrogens is 1110 g/mol. The molecule has 17 rings (SSSR count). The van der Waals surface area contributed by atoms with Gasteiger partial charge in [-0.2, -0.15) is 10.5 Å². The summed E-state index contributed by atoms with van der Waals surface area (Å²) in [6.45, 7) is 0. The Bertz CT molecular complexity index is 5380. The first-order valence-electron chi connectivity index (χ1n) is 30.5. The van der Waals surface area contributed by atoms with E-state index < -0.39 is 0 Å². The predicted molar refractivity (Wildman–Crippen MR) is 373 cm³/mol. The van der Waals surface area contributed by atoms with Crippen LogP contribution in [0.1, 0.15) is 11.1 Å². The molecule has 0 bridgehead atoms. The van der Waals surface area contributed by atoms with E-state index in [0.717, 1.165) is 134 Å². The van der Waals surface area contributed by atoms with Gasteiger partial charge in [-0.05, 0) is 125 Å². The van der Waals surface area contributed by atoms with Crippen LogP contribution in [0.25, 0.3) is 161 Å². The standard InChI is InChI=1S/C84H51N7/c85-52-54-35-39-56(40-36-54)60-43-45-81-69(47-60)70-48-61(57-41-37-55(53-86)38-42-57)44-46-82(70)91(81)83-71(67-27-11-17-33-79(67)89-75-29-13-7-23-63(75)64-24-8-14-30-76(64)89)49-62(84-87-73(58-19-3-1-4-20-58)51-74(88-84)59-21-5-2-6-22-59)50-72(83)68-28-12-18-34-80(68)90-77-31-15-9-25-65(77)66-26-10-16-32-78(66)90/h1-51H. The van der Waals surface area contributed by atoms with E-state index in [4.69, 9.17) is 9.97 Å². The number of nitriles is 2. The smallest absolute Gasteiger partial charge is 0.160 e. The highest BCUT2D eigenvalue weighted by Crippen LogP contribution is 2.49. The van der Waals surface area contributed by atoms with Gasteiger partial charge in [0.05, 0.1) is 84.8 Å². The van der Waals surface area contributed by atoms with Gasteiger partial charge in [0.15, 0.2) is 5.82 Å². The van der Waals surface area contributed by atoms with Crippen LogP contribution < -0.4 is 0 Å². The number of benzene rings is 13. The predicted octanol–water partition coefficient (Wildman–Crippen LogP) is 21.2. The lowest BCUT2D eigenvalue weighted by Gasteiger charge is -2.24. The first-order valence-corrected chi connectivity index (χ1v) is 30.5. The van der Waals surface area contributed by atoms with Gasteiger partial charge in [0, 0.05) is 71.3 Å². The maximum Gasteiger partial charge on any atom is 0.160 e. The maximum absolute atomic E-state index is 9.88. The Morgan fingerprint density at radius 1 is 0.242 bits per heavy atom. The first-order chi connectivity index (χ1) is 45.0. The Morgan fingerprint density at radius 2 is 0.582 bits per heavy atom. The average Bonchev–Trinajstić information content (AvgIpc) is 1.66. The second kappa shape index (κ2) is 21.6. The number of hydrogen-bond donors (Lipinski definition) is 0. The molecule has 0 saturated heterocycles. The molecule has 0 aliphatic heterocycles. The van der Waals surface area contributed by atoms with Gasteiger partial charge in [0.2, 0.25) is 0 Å². The molecule has 4 aromatic heterocycles. The Hall–Kier alpha value is -12.7. The topological polar surface area (TPSA) is 88.2 Å². The summed E-state index contributed by atoms with van der Waals surface area (Å²) in [7, 11) is 0. The van der Waals surface area contributed by atoms with Crippen LogP contribution >= 0.6 is 0 Å². The molecule has 0 aliphatic rings. The van der Waals surface area contributed by atoms with Gasteiger partial charge in [-0.3, -0.25) is 0 Å². The molecule has 0 fully saturated rings. The fourth-order valence-electron chi connectivity index (χ4n) is 13.8. The Kier molecular flexibility index (Phi) is 12.5. The minimum atomic E-state index is 0.583. The third-order valence-corrected chi connectivity index (χ3v) is 17.9. The molecule has 17 aromatic rings. The highest BCUT2D eigenvalue weighted by Gasteiger charge is 2.28. The van der Waals surface area contributed by atoms with E-state index in [1.54, 1.807) is 0 Å². The molecule has 0 N–H and O–H groups in total. The summed E-state index contributed by atoms with van der Waals surface area (Å²) in [5.41, 5.74) is 23.0. The van der Waals surface area contributed by atoms with Crippen molar-refractivity contribution in [2.24, 2.45) is 0 Å². The van der Waals surface area contributed by atoms with Crippen LogP contribution in [0, 0.1) is 22.7 Å². The number of nitrogens with zero attached hydrogens (tertiary/aromatic N) is 7. The molecule has 0 saturated carbocycles. The molecule has 0 atom stereocenters. The highest BCUT2D eigenvalue weighted by atomic mass is 15.0. The van der Waals surface area contributed by atoms with Gasteiger partial charge in [-0.1, -0.05) is 206 Å². The van der Waals surface area contributed by atoms with E-state index in [1.165, 1.54) is 21.5 Å². The molecule has 7 nitrogen and oxygen atoms in total. The third kappa shape index (κ3) is 8.80. The van der Waals surface area contributed by atoms with Crippen molar-refractivity contribution in [3.05, 3.63) is 321 Å². The van der Waals surface area contributed by atoms with E-state index in [2.05, 4.69) is 275 Å². The van der Waals surface area contributed by atoms with Crippen molar-refractivity contribution in [3.63, 3.8) is 0 Å². The number of aromatic nitrogens is 5. The van der Waals surface area contributed by atoms with Crippen molar-refractivity contribution in [1.82, 2.24) is 23.7 Å². The molecule has 0 radical (unpaired) electrons. The van der Waals surface area contributed by atoms with Crippen molar-refractivity contribution in [2.75, 3.05) is 0 Å². The quantitative estimate of drug-likeness (QED) is 0.136. The highest BCUT2D eigenvalue weighted by molar-refractivity contribution is 6.15. The lowest BCUT2D eigenvalue weighted by Crippen LogP contribution is -2.06. The molecule has 0 amide bonds. The molecule has 0 unspecified atom stereocenters. The van der Waals surface area contributed by atoms with Crippen LogP contribution in [0.4, 0.5) is 0 Å². The minimum absolute atomic E-state index is 0.583. The summed E-state index contributed by atoms with van der Waals surface area (Å²) in [6, 6.07) is 114. The first kappa shape index (κ1) is 52.6. The maximum atomic E-state index is 9.88. The zero-order valence-electron chi connectivity index (χ0n) is 49.1. The number of para-hydroxylation sites is 6. The SMILES string of the molecule is N#Cc1ccc(-c2ccc3c(c2)c2cc(-c4ccc(C#N)cc4)ccc2n3-c2c(-c3ccccc3-n3c4ccccc4c4ccccc43)cc(-c3nc(-c4ccccc4)cc(-c4ccccc4)n3)cc2-c2ccccc2-n2c3ccccc3c3ccccc32)cc1. The van der Waals surface area contributed by atoms with Crippen molar-refractivity contribution in [3.8, 4) is 108 Å². The summed E-state index contributed by atoms with van der Waals surface area (Å²) in [5.74, 6) is 0.583. The van der Waals surface area contributed by atoms with Crippen molar-refractivity contribution in [2.45, 2.75) is 0 Å². The second-order valence-corrected chi connectivity index (χ2v) is 23.1. The zero-order valence-corrected chi connectivity index (χ0v) is 49.1. The van der Waals surface area contributed by atoms with E-state index in [-0.39, 0.29) is 0 Å². The average molecular weight is 1160 g/mol. The van der Waals surface area contributed by atoms with Crippen molar-refractivity contribution >= 4 is 65.4 Å². The van der Waals surface area contributed by atoms with E-state index in [0.29, 0.717) is 17.0 Å². The molecule has 13 aromatic carbocycles. The van der Waals surface area contributed by atoms with E-state index in [9.17, 15) is 10.5 Å². The summed E-state index contributed by atoms with van der Waals surface area (Å²) >= 11 is 0. The second-order valence-electron chi connectivity index (χ2n) is 23.1. The fourth-order valence-corrected chi connectivity index (χ4v) is 13.8. The summed E-state index contributed by atoms with van der Waals surface area (Å²) < 4.78 is 7.36. The van der Waals surface area contributed by atoms with E-state index >= 15 is 0 Å². The summed E-state index contributed by atoms with van der Waals surface area (Å²) in [4.78, 5) is 11.2. The third-order valence-electron chi connectivity index (χ3n) is 17.9. The largest absolute Gasteiger partial charge is 0.309 e. The van der Waals surface area contributed by atoms with Gasteiger partial charge >= 0.3 is 0 Å². The molecular formula is C84H51N7. The molecule has 7 heteroatoms. The molecule has 91 heavy (non-hydrogen) atoms. The Labute approximate surface area is 524 Å². The Balaban J connectivity index is 1.06. The lowest BCUT2D eigenvalue weighted by molar-refractivity contribution is 1.15. The van der Waals surface area contributed by atoms with Gasteiger partial charge < -0.3 is 13.7 Å². The van der Waals surface area contributed by atoms with Gasteiger partial charge in [0.1, 0.15) is 0 Å². The van der Waals surface area contributed by atoms with E-state index in [1.807, 2.05) is 60.7 Å². The monoisotopic (exact) mass is 1160 g/mol. The van der Waals surface area contributed by atoms with Crippen LogP contribution in [0.2, 0.25) is 0 Å². The number of fused-ring (bicyclic) bond motifs is 9. The Morgan fingerprint density at radius 3 is 0.978 bits per heavy atom. The van der Waals surface area contributed by atoms with Gasteiger partial charge in [-0.25, -0.2) is 9.97 Å². The van der Waals surface area contributed by atoms with Crippen LogP contribution in [-0.4, -0.2) is 23.7 Å². The summed E-state index contributed by atoms with van der Waals surface area (Å²) in [6.07, 6.45) is 0. The molecule has 4 heterocycles. The van der Waals surface area contributed by atoms with Crippen LogP contribution in [0.3, 0.4) is 0 Å². The van der Waals surface area contributed by atoms with Crippen LogP contribution in [0.5, 0.6) is 0 Å². The molecule has 422 valence electrons. The minimum Gasteiger partial charge on any atom is -0.309 e.